The summed E-state index contributed by atoms with van der Waals surface area (Å²) in [6.45, 7) is 4.79. The molecular formula is C14H31NO3. The van der Waals surface area contributed by atoms with E-state index in [1.54, 1.807) is 0 Å². The van der Waals surface area contributed by atoms with Gasteiger partial charge in [-0.3, -0.25) is 4.79 Å². The molecule has 0 amide bonds. The van der Waals surface area contributed by atoms with Crippen LogP contribution >= 0.6 is 0 Å². The average molecular weight is 261 g/mol. The van der Waals surface area contributed by atoms with Gasteiger partial charge in [-0.2, -0.15) is 0 Å². The van der Waals surface area contributed by atoms with Crippen LogP contribution in [0.5, 0.6) is 0 Å². The predicted octanol–water partition coefficient (Wildman–Crippen LogP) is 2.31. The van der Waals surface area contributed by atoms with Crippen molar-refractivity contribution in [2.45, 2.75) is 46.0 Å². The zero-order valence-electron chi connectivity index (χ0n) is 12.7. The van der Waals surface area contributed by atoms with E-state index in [1.165, 1.54) is 6.42 Å². The molecule has 0 saturated carbocycles. The summed E-state index contributed by atoms with van der Waals surface area (Å²) in [6, 6.07) is 0. The Morgan fingerprint density at radius 1 is 1.17 bits per heavy atom. The Bertz CT molecular complexity index is 179. The van der Waals surface area contributed by atoms with Gasteiger partial charge in [0, 0.05) is 19.4 Å². The number of aliphatic hydroxyl groups excluding tert-OH is 1. The quantitative estimate of drug-likeness (QED) is 0.538. The zero-order valence-corrected chi connectivity index (χ0v) is 12.7. The van der Waals surface area contributed by atoms with Gasteiger partial charge in [-0.25, -0.2) is 0 Å². The lowest BCUT2D eigenvalue weighted by Gasteiger charge is -2.05. The number of carbonyl (C=O) groups excluding carboxylic acids is 1. The molecule has 1 N–H and O–H groups in total. The van der Waals surface area contributed by atoms with Gasteiger partial charge in [-0.15, -0.1) is 0 Å². The van der Waals surface area contributed by atoms with E-state index < -0.39 is 0 Å². The molecule has 0 saturated heterocycles. The van der Waals surface area contributed by atoms with Crippen molar-refractivity contribution >= 4 is 5.97 Å². The highest BCUT2D eigenvalue weighted by Gasteiger charge is 2.02. The Balaban J connectivity index is 0. The molecule has 0 atom stereocenters. The van der Waals surface area contributed by atoms with Crippen molar-refractivity contribution in [2.75, 3.05) is 34.4 Å². The molecule has 0 radical (unpaired) electrons. The number of aliphatic hydroxyl groups is 1. The molecule has 4 heteroatoms. The molecular weight excluding hydrogens is 230 g/mol. The number of esters is 1. The first kappa shape index (κ1) is 19.7. The van der Waals surface area contributed by atoms with Gasteiger partial charge in [0.05, 0.1) is 6.61 Å². The Morgan fingerprint density at radius 2 is 1.72 bits per heavy atom. The maximum atomic E-state index is 11.1. The van der Waals surface area contributed by atoms with Crippen molar-refractivity contribution < 1.29 is 14.6 Å². The first-order chi connectivity index (χ1) is 8.40. The topological polar surface area (TPSA) is 49.8 Å². The molecule has 0 unspecified atom stereocenters. The second-order valence-corrected chi connectivity index (χ2v) is 5.28. The van der Waals surface area contributed by atoms with Crippen LogP contribution in [0.4, 0.5) is 0 Å². The van der Waals surface area contributed by atoms with Gasteiger partial charge in [0.25, 0.3) is 0 Å². The number of carbonyl (C=O) groups is 1. The maximum absolute atomic E-state index is 11.1. The minimum absolute atomic E-state index is 0.0840. The van der Waals surface area contributed by atoms with E-state index >= 15 is 0 Å². The number of nitrogens with zero attached hydrogens (tertiary/aromatic N) is 1. The van der Waals surface area contributed by atoms with Gasteiger partial charge in [0.15, 0.2) is 0 Å². The fraction of sp³-hybridized carbons (Fsp3) is 0.929. The molecule has 0 rings (SSSR count). The van der Waals surface area contributed by atoms with Gasteiger partial charge >= 0.3 is 5.97 Å². The molecule has 0 aromatic rings. The van der Waals surface area contributed by atoms with E-state index in [1.807, 2.05) is 26.0 Å². The van der Waals surface area contributed by atoms with Crippen LogP contribution in [0, 0.1) is 5.92 Å². The summed E-state index contributed by atoms with van der Waals surface area (Å²) in [5.41, 5.74) is 0. The molecule has 0 aliphatic heterocycles. The van der Waals surface area contributed by atoms with Crippen LogP contribution in [-0.2, 0) is 9.53 Å². The van der Waals surface area contributed by atoms with E-state index in [0.717, 1.165) is 12.8 Å². The largest absolute Gasteiger partial charge is 0.466 e. The molecule has 18 heavy (non-hydrogen) atoms. The first-order valence-electron chi connectivity index (χ1n) is 6.77. The van der Waals surface area contributed by atoms with E-state index in [9.17, 15) is 4.79 Å². The Kier molecular flexibility index (Phi) is 15.8. The number of ether oxygens (including phenoxy) is 1. The summed E-state index contributed by atoms with van der Waals surface area (Å²) in [6.07, 6.45) is 4.22. The van der Waals surface area contributed by atoms with Crippen molar-refractivity contribution in [3.05, 3.63) is 0 Å². The van der Waals surface area contributed by atoms with Crippen molar-refractivity contribution in [3.8, 4) is 0 Å². The Labute approximate surface area is 112 Å². The molecule has 0 fully saturated rings. The second-order valence-electron chi connectivity index (χ2n) is 5.28. The van der Waals surface area contributed by atoms with E-state index in [0.29, 0.717) is 25.4 Å². The van der Waals surface area contributed by atoms with Gasteiger partial charge < -0.3 is 14.7 Å². The molecule has 0 aliphatic carbocycles. The highest BCUT2D eigenvalue weighted by molar-refractivity contribution is 5.69. The monoisotopic (exact) mass is 261 g/mol. The van der Waals surface area contributed by atoms with Crippen LogP contribution in [0.25, 0.3) is 0 Å². The molecule has 4 nitrogen and oxygen atoms in total. The number of hydrogen-bond donors (Lipinski definition) is 1. The molecule has 110 valence electrons. The fourth-order valence-electron chi connectivity index (χ4n) is 1.14. The summed E-state index contributed by atoms with van der Waals surface area (Å²) in [7, 11) is 6.00. The summed E-state index contributed by atoms with van der Waals surface area (Å²) < 4.78 is 4.89. The minimum atomic E-state index is -0.137. The van der Waals surface area contributed by atoms with Crippen LogP contribution in [-0.4, -0.2) is 50.3 Å². The first-order valence-corrected chi connectivity index (χ1v) is 6.77. The maximum Gasteiger partial charge on any atom is 0.305 e. The third-order valence-electron chi connectivity index (χ3n) is 1.98. The fourth-order valence-corrected chi connectivity index (χ4v) is 1.14. The van der Waals surface area contributed by atoms with Crippen molar-refractivity contribution in [2.24, 2.45) is 5.92 Å². The molecule has 0 aromatic heterocycles. The van der Waals surface area contributed by atoms with Crippen molar-refractivity contribution in [1.82, 2.24) is 4.90 Å². The van der Waals surface area contributed by atoms with Crippen LogP contribution in [0.15, 0.2) is 0 Å². The normalized spacial score (nSPS) is 10.2. The number of rotatable bonds is 8. The van der Waals surface area contributed by atoms with Crippen molar-refractivity contribution in [3.63, 3.8) is 0 Å². The van der Waals surface area contributed by atoms with E-state index in [2.05, 4.69) is 13.8 Å². The van der Waals surface area contributed by atoms with Crippen LogP contribution in [0.3, 0.4) is 0 Å². The summed E-state index contributed by atoms with van der Waals surface area (Å²) in [5.74, 6) is 0.572. The predicted molar refractivity (Wildman–Crippen MR) is 75.6 cm³/mol. The van der Waals surface area contributed by atoms with Gasteiger partial charge in [-0.05, 0) is 33.5 Å². The SMILES string of the molecule is CC(C)CCCCC(=O)OCCCO.CN(C)C. The van der Waals surface area contributed by atoms with Gasteiger partial charge in [0.2, 0.25) is 0 Å². The van der Waals surface area contributed by atoms with Gasteiger partial charge in [-0.1, -0.05) is 26.7 Å². The second kappa shape index (κ2) is 14.5. The summed E-state index contributed by atoms with van der Waals surface area (Å²) >= 11 is 0. The van der Waals surface area contributed by atoms with Crippen LogP contribution < -0.4 is 0 Å². The summed E-state index contributed by atoms with van der Waals surface area (Å²) in [5, 5.41) is 8.46. The third kappa shape index (κ3) is 24.6. The third-order valence-corrected chi connectivity index (χ3v) is 1.98. The number of unbranched alkanes of at least 4 members (excludes halogenated alkanes) is 1. The van der Waals surface area contributed by atoms with E-state index in [4.69, 9.17) is 9.84 Å². The Morgan fingerprint density at radius 3 is 2.17 bits per heavy atom. The lowest BCUT2D eigenvalue weighted by Crippen LogP contribution is -2.06. The number of hydrogen-bond acceptors (Lipinski definition) is 4. The van der Waals surface area contributed by atoms with Gasteiger partial charge in [0.1, 0.15) is 0 Å². The van der Waals surface area contributed by atoms with E-state index in [-0.39, 0.29) is 12.6 Å². The van der Waals surface area contributed by atoms with Crippen molar-refractivity contribution in [1.29, 1.82) is 0 Å². The lowest BCUT2D eigenvalue weighted by molar-refractivity contribution is -0.144. The molecule has 0 spiro atoms. The molecule has 0 bridgehead atoms. The van der Waals surface area contributed by atoms with Crippen LogP contribution in [0.2, 0.25) is 0 Å². The Hall–Kier alpha value is -0.610. The average Bonchev–Trinajstić information content (AvgIpc) is 2.24. The highest BCUT2D eigenvalue weighted by Crippen LogP contribution is 2.08. The highest BCUT2D eigenvalue weighted by atomic mass is 16.5. The van der Waals surface area contributed by atoms with Crippen LogP contribution in [0.1, 0.15) is 46.0 Å². The standard InChI is InChI=1S/C11H22O3.C3H9N/c1-10(2)6-3-4-7-11(13)14-9-5-8-12;1-4(2)3/h10,12H,3-9H2,1-2H3;1-3H3. The molecule has 0 heterocycles. The zero-order chi connectivity index (χ0) is 14.4. The molecule has 0 aliphatic rings. The lowest BCUT2D eigenvalue weighted by atomic mass is 10.1. The molecule has 0 aromatic carbocycles. The smallest absolute Gasteiger partial charge is 0.305 e. The summed E-state index contributed by atoms with van der Waals surface area (Å²) in [4.78, 5) is 13.1. The minimum Gasteiger partial charge on any atom is -0.466 e.